The molecule has 0 amide bonds. The van der Waals surface area contributed by atoms with E-state index in [1.54, 1.807) is 0 Å². The topological polar surface area (TPSA) is 15.3 Å². The molecule has 122 valence electrons. The maximum atomic E-state index is 3.90. The van der Waals surface area contributed by atoms with E-state index in [0.29, 0.717) is 0 Å². The SMILES string of the molecule is CCSC1CCCC1N1CCCNC(C2CCCCC2)C1. The molecule has 3 heteroatoms. The molecule has 0 aromatic carbocycles. The van der Waals surface area contributed by atoms with Crippen LogP contribution in [0.1, 0.15) is 64.7 Å². The van der Waals surface area contributed by atoms with E-state index in [1.165, 1.54) is 83.2 Å². The van der Waals surface area contributed by atoms with Crippen molar-refractivity contribution >= 4 is 11.8 Å². The summed E-state index contributed by atoms with van der Waals surface area (Å²) in [6, 6.07) is 1.65. The summed E-state index contributed by atoms with van der Waals surface area (Å²) >= 11 is 2.22. The van der Waals surface area contributed by atoms with Gasteiger partial charge in [-0.15, -0.1) is 0 Å². The molecule has 1 saturated heterocycles. The van der Waals surface area contributed by atoms with Gasteiger partial charge in [0, 0.05) is 23.9 Å². The Labute approximate surface area is 135 Å². The molecule has 3 atom stereocenters. The smallest absolute Gasteiger partial charge is 0.0223 e. The minimum atomic E-state index is 0.778. The zero-order valence-electron chi connectivity index (χ0n) is 13.9. The summed E-state index contributed by atoms with van der Waals surface area (Å²) in [7, 11) is 0. The molecule has 3 aliphatic rings. The second kappa shape index (κ2) is 8.21. The number of nitrogens with zero attached hydrogens (tertiary/aromatic N) is 1. The second-order valence-corrected chi connectivity index (χ2v) is 8.82. The normalized spacial score (nSPS) is 36.7. The van der Waals surface area contributed by atoms with Gasteiger partial charge in [0.1, 0.15) is 0 Å². The van der Waals surface area contributed by atoms with Crippen LogP contribution in [0.25, 0.3) is 0 Å². The van der Waals surface area contributed by atoms with Crippen molar-refractivity contribution in [1.29, 1.82) is 0 Å². The van der Waals surface area contributed by atoms with Gasteiger partial charge in [-0.3, -0.25) is 4.90 Å². The Hall–Kier alpha value is 0.270. The largest absolute Gasteiger partial charge is 0.312 e. The first-order chi connectivity index (χ1) is 10.4. The summed E-state index contributed by atoms with van der Waals surface area (Å²) < 4.78 is 0. The monoisotopic (exact) mass is 310 g/mol. The molecule has 1 N–H and O–H groups in total. The Morgan fingerprint density at radius 3 is 2.67 bits per heavy atom. The van der Waals surface area contributed by atoms with Gasteiger partial charge >= 0.3 is 0 Å². The van der Waals surface area contributed by atoms with E-state index in [9.17, 15) is 0 Å². The van der Waals surface area contributed by atoms with Gasteiger partial charge < -0.3 is 5.32 Å². The zero-order chi connectivity index (χ0) is 14.5. The van der Waals surface area contributed by atoms with Crippen LogP contribution in [0.15, 0.2) is 0 Å². The summed E-state index contributed by atoms with van der Waals surface area (Å²) in [5.41, 5.74) is 0. The maximum absolute atomic E-state index is 3.90. The fourth-order valence-corrected chi connectivity index (χ4v) is 6.16. The first kappa shape index (κ1) is 16.1. The van der Waals surface area contributed by atoms with Gasteiger partial charge in [0.05, 0.1) is 0 Å². The first-order valence-corrected chi connectivity index (χ1v) is 10.5. The van der Waals surface area contributed by atoms with E-state index in [4.69, 9.17) is 0 Å². The van der Waals surface area contributed by atoms with E-state index >= 15 is 0 Å². The van der Waals surface area contributed by atoms with Crippen molar-refractivity contribution in [3.8, 4) is 0 Å². The predicted molar refractivity (Wildman–Crippen MR) is 94.1 cm³/mol. The lowest BCUT2D eigenvalue weighted by atomic mass is 9.83. The lowest BCUT2D eigenvalue weighted by molar-refractivity contribution is 0.165. The van der Waals surface area contributed by atoms with Gasteiger partial charge in [0.25, 0.3) is 0 Å². The van der Waals surface area contributed by atoms with Gasteiger partial charge in [-0.2, -0.15) is 11.8 Å². The Morgan fingerprint density at radius 1 is 1.00 bits per heavy atom. The summed E-state index contributed by atoms with van der Waals surface area (Å²) in [5.74, 6) is 2.25. The summed E-state index contributed by atoms with van der Waals surface area (Å²) in [6.07, 6.45) is 13.1. The van der Waals surface area contributed by atoms with Crippen molar-refractivity contribution in [3.05, 3.63) is 0 Å². The standard InChI is InChI=1S/C18H34N2S/c1-2-21-18-11-6-10-17(18)20-13-7-12-19-16(14-20)15-8-4-3-5-9-15/h15-19H,2-14H2,1H3. The van der Waals surface area contributed by atoms with Gasteiger partial charge in [0.15, 0.2) is 0 Å². The summed E-state index contributed by atoms with van der Waals surface area (Å²) in [4.78, 5) is 2.89. The number of thioether (sulfide) groups is 1. The van der Waals surface area contributed by atoms with Crippen LogP contribution in [0.5, 0.6) is 0 Å². The molecule has 1 heterocycles. The van der Waals surface area contributed by atoms with E-state index in [2.05, 4.69) is 28.9 Å². The van der Waals surface area contributed by atoms with Gasteiger partial charge in [-0.05, 0) is 56.9 Å². The molecule has 0 aromatic heterocycles. The molecule has 0 aromatic rings. The molecule has 2 aliphatic carbocycles. The highest BCUT2D eigenvalue weighted by molar-refractivity contribution is 7.99. The molecule has 0 spiro atoms. The summed E-state index contributed by atoms with van der Waals surface area (Å²) in [5, 5.41) is 4.82. The van der Waals surface area contributed by atoms with E-state index < -0.39 is 0 Å². The van der Waals surface area contributed by atoms with Crippen molar-refractivity contribution in [1.82, 2.24) is 10.2 Å². The van der Waals surface area contributed by atoms with Crippen molar-refractivity contribution in [3.63, 3.8) is 0 Å². The van der Waals surface area contributed by atoms with Crippen LogP contribution >= 0.6 is 11.8 Å². The van der Waals surface area contributed by atoms with Gasteiger partial charge in [-0.1, -0.05) is 32.6 Å². The Kier molecular flexibility index (Phi) is 6.31. The molecule has 1 aliphatic heterocycles. The van der Waals surface area contributed by atoms with Gasteiger partial charge in [-0.25, -0.2) is 0 Å². The molecule has 0 bridgehead atoms. The molecule has 2 nitrogen and oxygen atoms in total. The second-order valence-electron chi connectivity index (χ2n) is 7.30. The minimum Gasteiger partial charge on any atom is -0.312 e. The number of hydrogen-bond acceptors (Lipinski definition) is 3. The molecule has 2 saturated carbocycles. The highest BCUT2D eigenvalue weighted by atomic mass is 32.2. The maximum Gasteiger partial charge on any atom is 0.0223 e. The predicted octanol–water partition coefficient (Wildman–Crippen LogP) is 3.90. The Balaban J connectivity index is 1.61. The number of nitrogens with one attached hydrogen (secondary N) is 1. The number of hydrogen-bond donors (Lipinski definition) is 1. The quantitative estimate of drug-likeness (QED) is 0.847. The van der Waals surface area contributed by atoms with E-state index in [-0.39, 0.29) is 0 Å². The van der Waals surface area contributed by atoms with Crippen LogP contribution in [0.4, 0.5) is 0 Å². The molecular formula is C18H34N2S. The summed E-state index contributed by atoms with van der Waals surface area (Å²) in [6.45, 7) is 6.24. The van der Waals surface area contributed by atoms with Crippen LogP contribution in [0.2, 0.25) is 0 Å². The highest BCUT2D eigenvalue weighted by Gasteiger charge is 2.35. The minimum absolute atomic E-state index is 0.778. The fourth-order valence-electron chi connectivity index (χ4n) is 4.86. The lowest BCUT2D eigenvalue weighted by Crippen LogP contribution is -2.48. The molecule has 3 unspecified atom stereocenters. The van der Waals surface area contributed by atoms with Crippen molar-refractivity contribution in [2.75, 3.05) is 25.4 Å². The van der Waals surface area contributed by atoms with Crippen molar-refractivity contribution < 1.29 is 0 Å². The molecule has 0 radical (unpaired) electrons. The van der Waals surface area contributed by atoms with Crippen LogP contribution in [0.3, 0.4) is 0 Å². The zero-order valence-corrected chi connectivity index (χ0v) is 14.7. The third-order valence-electron chi connectivity index (χ3n) is 5.95. The van der Waals surface area contributed by atoms with E-state index in [0.717, 1.165) is 23.3 Å². The molecule has 21 heavy (non-hydrogen) atoms. The third-order valence-corrected chi connectivity index (χ3v) is 7.26. The van der Waals surface area contributed by atoms with Crippen LogP contribution in [-0.4, -0.2) is 47.6 Å². The average Bonchev–Trinajstić information content (AvgIpc) is 2.84. The first-order valence-electron chi connectivity index (χ1n) is 9.47. The van der Waals surface area contributed by atoms with Crippen LogP contribution in [-0.2, 0) is 0 Å². The lowest BCUT2D eigenvalue weighted by Gasteiger charge is -2.37. The molecular weight excluding hydrogens is 276 g/mol. The number of rotatable bonds is 4. The van der Waals surface area contributed by atoms with Gasteiger partial charge in [0.2, 0.25) is 0 Å². The Morgan fingerprint density at radius 2 is 1.86 bits per heavy atom. The Bertz CT molecular complexity index is 304. The van der Waals surface area contributed by atoms with Crippen molar-refractivity contribution in [2.45, 2.75) is 82.0 Å². The highest BCUT2D eigenvalue weighted by Crippen LogP contribution is 2.35. The fraction of sp³-hybridized carbons (Fsp3) is 1.00. The van der Waals surface area contributed by atoms with Crippen LogP contribution in [0, 0.1) is 5.92 Å². The third kappa shape index (κ3) is 4.17. The van der Waals surface area contributed by atoms with E-state index in [1.807, 2.05) is 0 Å². The molecule has 3 rings (SSSR count). The molecule has 3 fully saturated rings. The van der Waals surface area contributed by atoms with Crippen LogP contribution < -0.4 is 5.32 Å². The average molecular weight is 311 g/mol. The van der Waals surface area contributed by atoms with Crippen molar-refractivity contribution in [2.24, 2.45) is 5.92 Å².